The summed E-state index contributed by atoms with van der Waals surface area (Å²) in [6, 6.07) is 15.2. The van der Waals surface area contributed by atoms with E-state index >= 15 is 0 Å². The number of benzene rings is 2. The average molecular weight is 426 g/mol. The van der Waals surface area contributed by atoms with Crippen LogP contribution in [0.3, 0.4) is 0 Å². The predicted octanol–water partition coefficient (Wildman–Crippen LogP) is 4.35. The van der Waals surface area contributed by atoms with Crippen molar-refractivity contribution in [2.45, 2.75) is 12.7 Å². The Morgan fingerprint density at radius 3 is 2.55 bits per heavy atom. The van der Waals surface area contributed by atoms with Crippen LogP contribution in [-0.2, 0) is 12.7 Å². The first kappa shape index (κ1) is 20.4. The van der Waals surface area contributed by atoms with Gasteiger partial charge in [-0.3, -0.25) is 9.20 Å². The van der Waals surface area contributed by atoms with E-state index in [1.54, 1.807) is 29.8 Å². The molecule has 2 aromatic carbocycles. The highest BCUT2D eigenvalue weighted by Gasteiger charge is 2.30. The molecule has 0 radical (unpaired) electrons. The first-order valence-corrected chi connectivity index (χ1v) is 9.29. The van der Waals surface area contributed by atoms with Crippen molar-refractivity contribution < 1.29 is 22.7 Å². The van der Waals surface area contributed by atoms with Crippen molar-refractivity contribution in [2.24, 2.45) is 0 Å². The largest absolute Gasteiger partial charge is 0.497 e. The first-order valence-electron chi connectivity index (χ1n) is 9.29. The summed E-state index contributed by atoms with van der Waals surface area (Å²) in [5, 5.41) is 10.9. The Hall–Kier alpha value is -3.88. The van der Waals surface area contributed by atoms with Crippen LogP contribution in [0.2, 0.25) is 0 Å². The maximum atomic E-state index is 12.8. The Balaban J connectivity index is 1.57. The molecule has 31 heavy (non-hydrogen) atoms. The fourth-order valence-electron chi connectivity index (χ4n) is 3.10. The predicted molar refractivity (Wildman–Crippen MR) is 108 cm³/mol. The first-order chi connectivity index (χ1) is 14.8. The summed E-state index contributed by atoms with van der Waals surface area (Å²) in [6.07, 6.45) is -2.86. The molecule has 4 aromatic rings. The Kier molecular flexibility index (Phi) is 5.33. The Labute approximate surface area is 175 Å². The molecule has 1 amide bonds. The second kappa shape index (κ2) is 8.10. The van der Waals surface area contributed by atoms with Gasteiger partial charge >= 0.3 is 6.18 Å². The normalized spacial score (nSPS) is 11.5. The van der Waals surface area contributed by atoms with Crippen LogP contribution in [-0.4, -0.2) is 27.6 Å². The Morgan fingerprint density at radius 1 is 1.06 bits per heavy atom. The summed E-state index contributed by atoms with van der Waals surface area (Å²) in [5.74, 6) is 0.724. The van der Waals surface area contributed by atoms with E-state index in [9.17, 15) is 18.0 Å². The summed E-state index contributed by atoms with van der Waals surface area (Å²) in [5.41, 5.74) is 1.42. The van der Waals surface area contributed by atoms with Crippen LogP contribution in [0.1, 0.15) is 21.5 Å². The lowest BCUT2D eigenvalue weighted by Gasteiger charge is -2.09. The highest BCUT2D eigenvalue weighted by molar-refractivity contribution is 5.94. The van der Waals surface area contributed by atoms with E-state index in [0.717, 1.165) is 17.7 Å². The second-order valence-corrected chi connectivity index (χ2v) is 6.78. The van der Waals surface area contributed by atoms with Gasteiger partial charge in [0.05, 0.1) is 18.2 Å². The van der Waals surface area contributed by atoms with Crippen LogP contribution in [0.5, 0.6) is 5.75 Å². The lowest BCUT2D eigenvalue weighted by Crippen LogP contribution is -2.23. The van der Waals surface area contributed by atoms with Crippen molar-refractivity contribution in [1.82, 2.24) is 19.9 Å². The van der Waals surface area contributed by atoms with Crippen molar-refractivity contribution in [3.63, 3.8) is 0 Å². The lowest BCUT2D eigenvalue weighted by molar-refractivity contribution is -0.137. The number of carbonyl (C=O) groups is 1. The van der Waals surface area contributed by atoms with Gasteiger partial charge in [-0.15, -0.1) is 10.2 Å². The summed E-state index contributed by atoms with van der Waals surface area (Å²) < 4.78 is 45.2. The molecule has 6 nitrogen and oxygen atoms in total. The molecule has 1 N–H and O–H groups in total. The van der Waals surface area contributed by atoms with E-state index in [0.29, 0.717) is 34.9 Å². The van der Waals surface area contributed by atoms with Crippen LogP contribution in [0, 0.1) is 0 Å². The van der Waals surface area contributed by atoms with Gasteiger partial charge in [-0.2, -0.15) is 13.2 Å². The van der Waals surface area contributed by atoms with E-state index in [2.05, 4.69) is 15.5 Å². The molecule has 2 aromatic heterocycles. The number of rotatable bonds is 5. The average Bonchev–Trinajstić information content (AvgIpc) is 3.20. The number of aromatic nitrogens is 3. The van der Waals surface area contributed by atoms with E-state index in [1.807, 2.05) is 24.3 Å². The number of halogens is 3. The highest BCUT2D eigenvalue weighted by Crippen LogP contribution is 2.30. The zero-order valence-electron chi connectivity index (χ0n) is 16.3. The van der Waals surface area contributed by atoms with Crippen LogP contribution in [0.4, 0.5) is 13.2 Å². The maximum absolute atomic E-state index is 12.8. The van der Waals surface area contributed by atoms with Gasteiger partial charge in [-0.25, -0.2) is 0 Å². The smallest absolute Gasteiger partial charge is 0.416 e. The molecule has 0 bridgehead atoms. The molecule has 0 saturated carbocycles. The van der Waals surface area contributed by atoms with Gasteiger partial charge < -0.3 is 10.1 Å². The fraction of sp³-hybridized carbons (Fsp3) is 0.136. The van der Waals surface area contributed by atoms with Crippen molar-refractivity contribution in [3.8, 4) is 17.1 Å². The van der Waals surface area contributed by atoms with E-state index in [-0.39, 0.29) is 5.91 Å². The van der Waals surface area contributed by atoms with E-state index in [4.69, 9.17) is 4.74 Å². The van der Waals surface area contributed by atoms with Crippen molar-refractivity contribution in [3.05, 3.63) is 83.6 Å². The number of fused-ring (bicyclic) bond motifs is 1. The van der Waals surface area contributed by atoms with Crippen molar-refractivity contribution in [2.75, 3.05) is 7.11 Å². The minimum absolute atomic E-state index is 0.308. The topological polar surface area (TPSA) is 68.5 Å². The Morgan fingerprint density at radius 2 is 1.84 bits per heavy atom. The van der Waals surface area contributed by atoms with Gasteiger partial charge in [-0.05, 0) is 42.0 Å². The van der Waals surface area contributed by atoms with E-state index in [1.165, 1.54) is 12.1 Å². The minimum atomic E-state index is -4.42. The molecule has 0 aliphatic heterocycles. The minimum Gasteiger partial charge on any atom is -0.497 e. The van der Waals surface area contributed by atoms with Crippen LogP contribution in [0.25, 0.3) is 17.0 Å². The zero-order valence-corrected chi connectivity index (χ0v) is 16.3. The molecule has 0 unspecified atom stereocenters. The van der Waals surface area contributed by atoms with Gasteiger partial charge in [0.25, 0.3) is 5.91 Å². The summed E-state index contributed by atoms with van der Waals surface area (Å²) in [7, 11) is 1.57. The van der Waals surface area contributed by atoms with Crippen LogP contribution in [0.15, 0.2) is 66.9 Å². The molecule has 0 aliphatic carbocycles. The molecule has 4 rings (SSSR count). The van der Waals surface area contributed by atoms with Crippen molar-refractivity contribution in [1.29, 1.82) is 0 Å². The number of methoxy groups -OCH3 is 1. The molecule has 0 aliphatic rings. The quantitative estimate of drug-likeness (QED) is 0.515. The third-order valence-corrected chi connectivity index (χ3v) is 4.72. The third-order valence-electron chi connectivity index (χ3n) is 4.72. The molecular formula is C22H17F3N4O2. The number of hydrogen-bond acceptors (Lipinski definition) is 4. The summed E-state index contributed by atoms with van der Waals surface area (Å²) in [4.78, 5) is 12.6. The number of alkyl halides is 3. The molecule has 2 heterocycles. The lowest BCUT2D eigenvalue weighted by atomic mass is 10.1. The van der Waals surface area contributed by atoms with Crippen LogP contribution >= 0.6 is 0 Å². The monoisotopic (exact) mass is 426 g/mol. The van der Waals surface area contributed by atoms with Crippen LogP contribution < -0.4 is 10.1 Å². The zero-order chi connectivity index (χ0) is 22.0. The molecule has 0 saturated heterocycles. The van der Waals surface area contributed by atoms with Gasteiger partial charge in [0.15, 0.2) is 11.5 Å². The molecule has 9 heteroatoms. The number of hydrogen-bond donors (Lipinski definition) is 1. The molecule has 0 fully saturated rings. The number of pyridine rings is 1. The molecule has 158 valence electrons. The van der Waals surface area contributed by atoms with Gasteiger partial charge in [-0.1, -0.05) is 24.3 Å². The highest BCUT2D eigenvalue weighted by atomic mass is 19.4. The number of carbonyl (C=O) groups excluding carboxylic acids is 1. The molecular weight excluding hydrogens is 409 g/mol. The maximum Gasteiger partial charge on any atom is 0.416 e. The van der Waals surface area contributed by atoms with E-state index < -0.39 is 11.7 Å². The molecule has 0 atom stereocenters. The number of nitrogens with zero attached hydrogens (tertiary/aromatic N) is 3. The third kappa shape index (κ3) is 4.35. The van der Waals surface area contributed by atoms with Crippen molar-refractivity contribution >= 4 is 11.6 Å². The van der Waals surface area contributed by atoms with Gasteiger partial charge in [0.1, 0.15) is 5.75 Å². The standard InChI is InChI=1S/C22H17F3N4O2/c1-31-18-4-2-3-14(11-18)12-26-21(30)16-7-10-19-27-28-20(29(19)13-16)15-5-8-17(9-6-15)22(23,24)25/h2-11,13H,12H2,1H3,(H,26,30). The second-order valence-electron chi connectivity index (χ2n) is 6.78. The number of nitrogens with one attached hydrogen (secondary N) is 1. The fourth-order valence-corrected chi connectivity index (χ4v) is 3.10. The van der Waals surface area contributed by atoms with Gasteiger partial charge in [0.2, 0.25) is 0 Å². The number of ether oxygens (including phenoxy) is 1. The number of amides is 1. The molecule has 0 spiro atoms. The van der Waals surface area contributed by atoms with Gasteiger partial charge in [0, 0.05) is 18.3 Å². The SMILES string of the molecule is COc1cccc(CNC(=O)c2ccc3nnc(-c4ccc(C(F)(F)F)cc4)n3c2)c1. The summed E-state index contributed by atoms with van der Waals surface area (Å²) >= 11 is 0. The summed E-state index contributed by atoms with van der Waals surface area (Å²) in [6.45, 7) is 0.308. The Bertz CT molecular complexity index is 1230.